The van der Waals surface area contributed by atoms with Gasteiger partial charge in [0.1, 0.15) is 10.8 Å². The lowest BCUT2D eigenvalue weighted by atomic mass is 10.1. The Labute approximate surface area is 127 Å². The first-order valence-corrected chi connectivity index (χ1v) is 7.47. The number of amides is 1. The zero-order chi connectivity index (χ0) is 15.4. The number of aryl methyl sites for hydroxylation is 1. The number of carbonyl (C=O) groups excluding carboxylic acids is 1. The Balaban J connectivity index is 2.23. The molecule has 0 aliphatic carbocycles. The summed E-state index contributed by atoms with van der Waals surface area (Å²) in [6.07, 6.45) is 0.793. The third kappa shape index (κ3) is 3.73. The summed E-state index contributed by atoms with van der Waals surface area (Å²) in [7, 11) is 0. The Morgan fingerprint density at radius 1 is 1.38 bits per heavy atom. The first kappa shape index (κ1) is 15.3. The van der Waals surface area contributed by atoms with E-state index < -0.39 is 0 Å². The van der Waals surface area contributed by atoms with Gasteiger partial charge in [-0.3, -0.25) is 10.1 Å². The number of hydrogen-bond donors (Lipinski definition) is 3. The molecule has 0 unspecified atom stereocenters. The van der Waals surface area contributed by atoms with Gasteiger partial charge < -0.3 is 5.43 Å². The van der Waals surface area contributed by atoms with E-state index in [9.17, 15) is 4.79 Å². The second-order valence-electron chi connectivity index (χ2n) is 4.77. The van der Waals surface area contributed by atoms with Gasteiger partial charge in [-0.2, -0.15) is 0 Å². The van der Waals surface area contributed by atoms with E-state index in [0.29, 0.717) is 16.5 Å². The van der Waals surface area contributed by atoms with Crippen LogP contribution in [-0.4, -0.2) is 21.1 Å². The van der Waals surface area contributed by atoms with Gasteiger partial charge in [-0.05, 0) is 24.5 Å². The second kappa shape index (κ2) is 6.59. The second-order valence-corrected chi connectivity index (χ2v) is 5.84. The van der Waals surface area contributed by atoms with Crippen molar-refractivity contribution in [2.45, 2.75) is 33.1 Å². The maximum absolute atomic E-state index is 12.3. The van der Waals surface area contributed by atoms with Gasteiger partial charge in [0.05, 0.1) is 0 Å². The molecule has 0 aliphatic rings. The number of hydrogen-bond acceptors (Lipinski definition) is 7. The summed E-state index contributed by atoms with van der Waals surface area (Å²) in [4.78, 5) is 16.6. The van der Waals surface area contributed by atoms with Crippen molar-refractivity contribution < 1.29 is 4.79 Å². The Bertz CT molecular complexity index is 639. The molecular formula is C13H18N6OS. The predicted molar refractivity (Wildman–Crippen MR) is 83.4 cm³/mol. The molecule has 21 heavy (non-hydrogen) atoms. The summed E-state index contributed by atoms with van der Waals surface area (Å²) in [5.74, 6) is 5.79. The molecule has 0 bridgehead atoms. The number of nitrogens with two attached hydrogens (primary N) is 1. The third-order valence-electron chi connectivity index (χ3n) is 2.84. The van der Waals surface area contributed by atoms with Crippen LogP contribution in [0.4, 0.5) is 10.9 Å². The van der Waals surface area contributed by atoms with Crippen molar-refractivity contribution in [3.63, 3.8) is 0 Å². The highest BCUT2D eigenvalue weighted by atomic mass is 32.1. The SMILES string of the molecule is CCc1nnc(NC(=O)c2cc(NN)nc(C(C)C)c2)s1. The molecule has 0 saturated carbocycles. The molecule has 2 heterocycles. The smallest absolute Gasteiger partial charge is 0.257 e. The first-order valence-electron chi connectivity index (χ1n) is 6.65. The quantitative estimate of drug-likeness (QED) is 0.577. The Morgan fingerprint density at radius 3 is 2.71 bits per heavy atom. The van der Waals surface area contributed by atoms with Crippen molar-refractivity contribution in [2.75, 3.05) is 10.7 Å². The molecule has 0 spiro atoms. The number of aromatic nitrogens is 3. The van der Waals surface area contributed by atoms with E-state index in [1.165, 1.54) is 11.3 Å². The van der Waals surface area contributed by atoms with Gasteiger partial charge in [0, 0.05) is 11.3 Å². The van der Waals surface area contributed by atoms with Crippen LogP contribution >= 0.6 is 11.3 Å². The Morgan fingerprint density at radius 2 is 2.14 bits per heavy atom. The van der Waals surface area contributed by atoms with E-state index in [0.717, 1.165) is 17.1 Å². The minimum absolute atomic E-state index is 0.193. The fraction of sp³-hybridized carbons (Fsp3) is 0.385. The Hall–Kier alpha value is -2.06. The van der Waals surface area contributed by atoms with Gasteiger partial charge in [-0.1, -0.05) is 32.1 Å². The van der Waals surface area contributed by atoms with E-state index in [-0.39, 0.29) is 11.8 Å². The van der Waals surface area contributed by atoms with Gasteiger partial charge in [0.2, 0.25) is 5.13 Å². The van der Waals surface area contributed by atoms with E-state index in [1.54, 1.807) is 12.1 Å². The molecule has 8 heteroatoms. The van der Waals surface area contributed by atoms with E-state index >= 15 is 0 Å². The molecule has 2 rings (SSSR count). The zero-order valence-electron chi connectivity index (χ0n) is 12.2. The minimum atomic E-state index is -0.255. The number of carbonyl (C=O) groups is 1. The standard InChI is InChI=1S/C13H18N6OS/c1-4-11-18-19-13(21-11)16-12(20)8-5-9(7(2)3)15-10(6-8)17-14/h5-7H,4,14H2,1-3H3,(H,15,17)(H,16,19,20). The Kier molecular flexibility index (Phi) is 4.81. The molecule has 0 aliphatic heterocycles. The van der Waals surface area contributed by atoms with Crippen LogP contribution in [-0.2, 0) is 6.42 Å². The van der Waals surface area contributed by atoms with Crippen LogP contribution < -0.4 is 16.6 Å². The van der Waals surface area contributed by atoms with Gasteiger partial charge in [-0.15, -0.1) is 10.2 Å². The number of anilines is 2. The van der Waals surface area contributed by atoms with Gasteiger partial charge in [-0.25, -0.2) is 10.8 Å². The van der Waals surface area contributed by atoms with Gasteiger partial charge >= 0.3 is 0 Å². The summed E-state index contributed by atoms with van der Waals surface area (Å²) in [5.41, 5.74) is 3.75. The van der Waals surface area contributed by atoms with Crippen molar-refractivity contribution in [1.29, 1.82) is 0 Å². The summed E-state index contributed by atoms with van der Waals surface area (Å²) in [6.45, 7) is 5.99. The first-order chi connectivity index (χ1) is 10.0. The van der Waals surface area contributed by atoms with Crippen molar-refractivity contribution >= 4 is 28.2 Å². The monoisotopic (exact) mass is 306 g/mol. The maximum atomic E-state index is 12.3. The summed E-state index contributed by atoms with van der Waals surface area (Å²) >= 11 is 1.37. The molecule has 2 aromatic rings. The van der Waals surface area contributed by atoms with Crippen LogP contribution in [0.3, 0.4) is 0 Å². The molecule has 0 fully saturated rings. The fourth-order valence-corrected chi connectivity index (χ4v) is 2.34. The van der Waals surface area contributed by atoms with Crippen LogP contribution in [0.2, 0.25) is 0 Å². The summed E-state index contributed by atoms with van der Waals surface area (Å²) in [6, 6.07) is 3.35. The molecule has 112 valence electrons. The highest BCUT2D eigenvalue weighted by Crippen LogP contribution is 2.20. The molecule has 1 amide bonds. The lowest BCUT2D eigenvalue weighted by Gasteiger charge is -2.10. The average molecular weight is 306 g/mol. The number of nitrogen functional groups attached to an aromatic ring is 1. The van der Waals surface area contributed by atoms with E-state index in [2.05, 4.69) is 25.9 Å². The number of nitrogens with one attached hydrogen (secondary N) is 2. The molecule has 0 aromatic carbocycles. The average Bonchev–Trinajstić information content (AvgIpc) is 2.94. The number of hydrazine groups is 1. The van der Waals surface area contributed by atoms with E-state index in [4.69, 9.17) is 5.84 Å². The van der Waals surface area contributed by atoms with Crippen LogP contribution in [0.1, 0.15) is 47.7 Å². The van der Waals surface area contributed by atoms with Crippen LogP contribution in [0, 0.1) is 0 Å². The van der Waals surface area contributed by atoms with Crippen molar-refractivity contribution in [1.82, 2.24) is 15.2 Å². The highest BCUT2D eigenvalue weighted by molar-refractivity contribution is 7.15. The minimum Gasteiger partial charge on any atom is -0.308 e. The molecule has 2 aromatic heterocycles. The maximum Gasteiger partial charge on any atom is 0.257 e. The highest BCUT2D eigenvalue weighted by Gasteiger charge is 2.13. The molecule has 4 N–H and O–H groups in total. The molecule has 0 radical (unpaired) electrons. The molecular weight excluding hydrogens is 288 g/mol. The van der Waals surface area contributed by atoms with Gasteiger partial charge in [0.15, 0.2) is 0 Å². The predicted octanol–water partition coefficient (Wildman–Crippen LogP) is 2.16. The van der Waals surface area contributed by atoms with Crippen molar-refractivity contribution in [2.24, 2.45) is 5.84 Å². The zero-order valence-corrected chi connectivity index (χ0v) is 13.0. The summed E-state index contributed by atoms with van der Waals surface area (Å²) in [5, 5.41) is 12.0. The largest absolute Gasteiger partial charge is 0.308 e. The van der Waals surface area contributed by atoms with Crippen LogP contribution in [0.25, 0.3) is 0 Å². The normalized spacial score (nSPS) is 10.7. The lowest BCUT2D eigenvalue weighted by molar-refractivity contribution is 0.102. The lowest BCUT2D eigenvalue weighted by Crippen LogP contribution is -2.16. The molecule has 7 nitrogen and oxygen atoms in total. The number of pyridine rings is 1. The van der Waals surface area contributed by atoms with Crippen LogP contribution in [0.5, 0.6) is 0 Å². The molecule has 0 atom stereocenters. The third-order valence-corrected chi connectivity index (χ3v) is 3.82. The number of rotatable bonds is 5. The van der Waals surface area contributed by atoms with Crippen molar-refractivity contribution in [3.8, 4) is 0 Å². The van der Waals surface area contributed by atoms with Crippen molar-refractivity contribution in [3.05, 3.63) is 28.4 Å². The number of nitrogens with zero attached hydrogens (tertiary/aromatic N) is 3. The molecule has 0 saturated heterocycles. The van der Waals surface area contributed by atoms with Crippen LogP contribution in [0.15, 0.2) is 12.1 Å². The van der Waals surface area contributed by atoms with Gasteiger partial charge in [0.25, 0.3) is 5.91 Å². The fourth-order valence-electron chi connectivity index (χ4n) is 1.67. The summed E-state index contributed by atoms with van der Waals surface area (Å²) < 4.78 is 0. The van der Waals surface area contributed by atoms with E-state index in [1.807, 2.05) is 20.8 Å². The topological polar surface area (TPSA) is 106 Å².